The number of benzene rings is 1. The lowest BCUT2D eigenvalue weighted by Crippen LogP contribution is -2.30. The predicted molar refractivity (Wildman–Crippen MR) is 77.0 cm³/mol. The molecule has 1 aliphatic carbocycles. The second-order valence-corrected chi connectivity index (χ2v) is 5.22. The van der Waals surface area contributed by atoms with Crippen LogP contribution in [0.3, 0.4) is 0 Å². The van der Waals surface area contributed by atoms with E-state index in [1.54, 1.807) is 12.3 Å². The highest BCUT2D eigenvalue weighted by Gasteiger charge is 2.28. The van der Waals surface area contributed by atoms with Gasteiger partial charge in [-0.05, 0) is 43.2 Å². The molecule has 106 valence electrons. The van der Waals surface area contributed by atoms with E-state index < -0.39 is 0 Å². The summed E-state index contributed by atoms with van der Waals surface area (Å²) in [6.45, 7) is 2.59. The van der Waals surface area contributed by atoms with E-state index in [4.69, 9.17) is 4.42 Å². The molecule has 3 rings (SSSR count). The zero-order valence-corrected chi connectivity index (χ0v) is 11.4. The van der Waals surface area contributed by atoms with E-state index >= 15 is 0 Å². The third-order valence-corrected chi connectivity index (χ3v) is 3.56. The first-order valence-corrected chi connectivity index (χ1v) is 7.07. The number of rotatable bonds is 7. The van der Waals surface area contributed by atoms with Crippen molar-refractivity contribution in [3.63, 3.8) is 0 Å². The van der Waals surface area contributed by atoms with Gasteiger partial charge in [0.1, 0.15) is 11.6 Å². The molecule has 4 heteroatoms. The van der Waals surface area contributed by atoms with E-state index in [1.165, 1.54) is 25.0 Å². The smallest absolute Gasteiger partial charge is 0.125 e. The van der Waals surface area contributed by atoms with Crippen molar-refractivity contribution >= 4 is 5.69 Å². The summed E-state index contributed by atoms with van der Waals surface area (Å²) in [5, 5.41) is 3.27. The molecule has 0 saturated heterocycles. The summed E-state index contributed by atoms with van der Waals surface area (Å²) in [6.07, 6.45) is 4.24. The van der Waals surface area contributed by atoms with Gasteiger partial charge in [0.2, 0.25) is 0 Å². The van der Waals surface area contributed by atoms with Crippen LogP contribution in [-0.4, -0.2) is 24.0 Å². The summed E-state index contributed by atoms with van der Waals surface area (Å²) in [5.41, 5.74) is 0.832. The maximum Gasteiger partial charge on any atom is 0.125 e. The third-order valence-electron chi connectivity index (χ3n) is 3.56. The normalized spacial score (nSPS) is 14.7. The molecule has 0 amide bonds. The van der Waals surface area contributed by atoms with Gasteiger partial charge in [0.25, 0.3) is 0 Å². The average Bonchev–Trinajstić information content (AvgIpc) is 3.16. The van der Waals surface area contributed by atoms with Crippen LogP contribution in [0.2, 0.25) is 0 Å². The number of halogens is 1. The predicted octanol–water partition coefficient (Wildman–Crippen LogP) is 3.50. The van der Waals surface area contributed by atoms with E-state index in [-0.39, 0.29) is 5.82 Å². The first-order chi connectivity index (χ1) is 9.81. The third kappa shape index (κ3) is 3.61. The molecular formula is C16H19FN2O. The molecule has 0 bridgehead atoms. The Hall–Kier alpha value is -1.81. The first-order valence-electron chi connectivity index (χ1n) is 7.07. The van der Waals surface area contributed by atoms with Gasteiger partial charge in [0.15, 0.2) is 0 Å². The first kappa shape index (κ1) is 13.2. The Balaban J connectivity index is 1.50. The second kappa shape index (κ2) is 6.09. The van der Waals surface area contributed by atoms with E-state index in [0.717, 1.165) is 31.1 Å². The highest BCUT2D eigenvalue weighted by Crippen LogP contribution is 2.28. The zero-order chi connectivity index (χ0) is 13.8. The topological polar surface area (TPSA) is 28.4 Å². The molecule has 0 unspecified atom stereocenters. The van der Waals surface area contributed by atoms with Crippen molar-refractivity contribution in [2.45, 2.75) is 25.4 Å². The quantitative estimate of drug-likeness (QED) is 0.837. The second-order valence-electron chi connectivity index (χ2n) is 5.22. The van der Waals surface area contributed by atoms with Crippen molar-refractivity contribution in [3.05, 3.63) is 54.2 Å². The van der Waals surface area contributed by atoms with Crippen LogP contribution in [0.1, 0.15) is 18.6 Å². The van der Waals surface area contributed by atoms with Gasteiger partial charge in [0, 0.05) is 24.8 Å². The molecule has 0 atom stereocenters. The lowest BCUT2D eigenvalue weighted by atomic mass is 10.3. The van der Waals surface area contributed by atoms with Crippen LogP contribution in [0.15, 0.2) is 47.1 Å². The molecule has 1 N–H and O–H groups in total. The van der Waals surface area contributed by atoms with Crippen LogP contribution in [0, 0.1) is 5.82 Å². The zero-order valence-electron chi connectivity index (χ0n) is 11.4. The minimum absolute atomic E-state index is 0.204. The fourth-order valence-corrected chi connectivity index (χ4v) is 2.38. The Morgan fingerprint density at radius 3 is 2.85 bits per heavy atom. The maximum absolute atomic E-state index is 13.1. The molecule has 20 heavy (non-hydrogen) atoms. The summed E-state index contributed by atoms with van der Waals surface area (Å²) >= 11 is 0. The van der Waals surface area contributed by atoms with Crippen molar-refractivity contribution in [1.29, 1.82) is 0 Å². The van der Waals surface area contributed by atoms with Crippen LogP contribution in [0.4, 0.5) is 10.1 Å². The summed E-state index contributed by atoms with van der Waals surface area (Å²) < 4.78 is 18.5. The summed E-state index contributed by atoms with van der Waals surface area (Å²) in [4.78, 5) is 2.42. The minimum atomic E-state index is -0.204. The number of hydrogen-bond acceptors (Lipinski definition) is 3. The van der Waals surface area contributed by atoms with Crippen LogP contribution in [0.5, 0.6) is 0 Å². The minimum Gasteiger partial charge on any atom is -0.468 e. The number of nitrogens with one attached hydrogen (secondary N) is 1. The van der Waals surface area contributed by atoms with Crippen LogP contribution in [-0.2, 0) is 6.54 Å². The molecule has 1 fully saturated rings. The van der Waals surface area contributed by atoms with Gasteiger partial charge in [-0.3, -0.25) is 4.90 Å². The Morgan fingerprint density at radius 1 is 1.25 bits per heavy atom. The monoisotopic (exact) mass is 274 g/mol. The van der Waals surface area contributed by atoms with Crippen molar-refractivity contribution in [2.75, 3.05) is 18.4 Å². The number of hydrogen-bond donors (Lipinski definition) is 1. The van der Waals surface area contributed by atoms with Crippen molar-refractivity contribution < 1.29 is 8.81 Å². The van der Waals surface area contributed by atoms with Gasteiger partial charge >= 0.3 is 0 Å². The molecule has 0 spiro atoms. The Bertz CT molecular complexity index is 537. The number of nitrogens with zero attached hydrogens (tertiary/aromatic N) is 1. The molecule has 3 nitrogen and oxygen atoms in total. The van der Waals surface area contributed by atoms with Crippen molar-refractivity contribution in [3.8, 4) is 0 Å². The summed E-state index contributed by atoms with van der Waals surface area (Å²) in [5.74, 6) is 0.798. The maximum atomic E-state index is 13.1. The molecule has 0 radical (unpaired) electrons. The summed E-state index contributed by atoms with van der Waals surface area (Å²) in [6, 6.07) is 11.2. The van der Waals surface area contributed by atoms with Gasteiger partial charge in [-0.15, -0.1) is 0 Å². The van der Waals surface area contributed by atoms with Gasteiger partial charge < -0.3 is 9.73 Å². The molecule has 1 heterocycles. The summed E-state index contributed by atoms with van der Waals surface area (Å²) in [7, 11) is 0. The molecule has 1 aromatic heterocycles. The molecule has 1 aliphatic rings. The average molecular weight is 274 g/mol. The highest BCUT2D eigenvalue weighted by atomic mass is 19.1. The van der Waals surface area contributed by atoms with E-state index in [2.05, 4.69) is 10.2 Å². The van der Waals surface area contributed by atoms with E-state index in [9.17, 15) is 4.39 Å². The number of anilines is 1. The SMILES string of the molecule is Fc1cccc(NCCN(Cc2ccco2)C2CC2)c1. The Morgan fingerprint density at radius 2 is 2.15 bits per heavy atom. The standard InChI is InChI=1S/C16H19FN2O/c17-13-3-1-4-14(11-13)18-8-9-19(15-6-7-15)12-16-5-2-10-20-16/h1-5,10-11,15,18H,6-9,12H2. The largest absolute Gasteiger partial charge is 0.468 e. The van der Waals surface area contributed by atoms with Gasteiger partial charge in [-0.1, -0.05) is 6.07 Å². The fourth-order valence-electron chi connectivity index (χ4n) is 2.38. The van der Waals surface area contributed by atoms with Gasteiger partial charge in [-0.25, -0.2) is 4.39 Å². The Labute approximate surface area is 118 Å². The fraction of sp³-hybridized carbons (Fsp3) is 0.375. The molecule has 2 aromatic rings. The van der Waals surface area contributed by atoms with E-state index in [1.807, 2.05) is 18.2 Å². The van der Waals surface area contributed by atoms with E-state index in [0.29, 0.717) is 6.04 Å². The van der Waals surface area contributed by atoms with Crippen LogP contribution in [0.25, 0.3) is 0 Å². The molecular weight excluding hydrogens is 255 g/mol. The highest BCUT2D eigenvalue weighted by molar-refractivity contribution is 5.42. The molecule has 1 aromatic carbocycles. The lowest BCUT2D eigenvalue weighted by molar-refractivity contribution is 0.242. The number of furan rings is 1. The van der Waals surface area contributed by atoms with Gasteiger partial charge in [-0.2, -0.15) is 0 Å². The molecule has 1 saturated carbocycles. The van der Waals surface area contributed by atoms with Crippen LogP contribution >= 0.6 is 0 Å². The van der Waals surface area contributed by atoms with Crippen LogP contribution < -0.4 is 5.32 Å². The lowest BCUT2D eigenvalue weighted by Gasteiger charge is -2.21. The van der Waals surface area contributed by atoms with Crippen molar-refractivity contribution in [1.82, 2.24) is 4.90 Å². The van der Waals surface area contributed by atoms with Gasteiger partial charge in [0.05, 0.1) is 12.8 Å². The van der Waals surface area contributed by atoms with Crippen molar-refractivity contribution in [2.24, 2.45) is 0 Å². The molecule has 0 aliphatic heterocycles. The Kier molecular flexibility index (Phi) is 4.02.